The van der Waals surface area contributed by atoms with Gasteiger partial charge in [0.15, 0.2) is 9.84 Å². The van der Waals surface area contributed by atoms with Crippen LogP contribution in [0, 0.1) is 5.41 Å². The SMILES string of the molecule is CC(C)(C)OC(=O)NC/C(=C\F)COc1ccc(S(=O)(=O)CC23CCC(N4CCCS4(=O)=O)(CC2)CC3)cc1. The summed E-state index contributed by atoms with van der Waals surface area (Å²) in [5, 5.41) is 2.47. The fourth-order valence-electron chi connectivity index (χ4n) is 6.03. The predicted molar refractivity (Wildman–Crippen MR) is 145 cm³/mol. The molecule has 1 saturated heterocycles. The molecule has 0 atom stereocenters. The molecule has 1 aromatic carbocycles. The number of alkyl carbamates (subject to hydrolysis) is 1. The van der Waals surface area contributed by atoms with Crippen molar-refractivity contribution in [1.29, 1.82) is 0 Å². The summed E-state index contributed by atoms with van der Waals surface area (Å²) in [5.41, 5.74) is -1.16. The molecule has 1 heterocycles. The average Bonchev–Trinajstić information content (AvgIpc) is 3.23. The first-order valence-corrected chi connectivity index (χ1v) is 16.7. The third-order valence-electron chi connectivity index (χ3n) is 8.11. The molecule has 3 aliphatic carbocycles. The van der Waals surface area contributed by atoms with Crippen LogP contribution in [0.3, 0.4) is 0 Å². The number of nitrogens with one attached hydrogen (secondary N) is 1. The van der Waals surface area contributed by atoms with Gasteiger partial charge < -0.3 is 14.8 Å². The van der Waals surface area contributed by atoms with Crippen LogP contribution in [0.4, 0.5) is 9.18 Å². The summed E-state index contributed by atoms with van der Waals surface area (Å²) in [5.74, 6) is 0.617. The van der Waals surface area contributed by atoms with Gasteiger partial charge in [0.2, 0.25) is 10.0 Å². The highest BCUT2D eigenvalue weighted by Crippen LogP contribution is 2.56. The second-order valence-electron chi connectivity index (χ2n) is 12.1. The molecule has 3 saturated carbocycles. The number of sulfonamides is 1. The Morgan fingerprint density at radius 1 is 1.10 bits per heavy atom. The van der Waals surface area contributed by atoms with Crippen LogP contribution in [-0.4, -0.2) is 69.6 Å². The number of hydrogen-bond donors (Lipinski definition) is 1. The first-order valence-electron chi connectivity index (χ1n) is 13.4. The van der Waals surface area contributed by atoms with Crippen molar-refractivity contribution in [2.75, 3.05) is 31.2 Å². The lowest BCUT2D eigenvalue weighted by Crippen LogP contribution is -2.58. The lowest BCUT2D eigenvalue weighted by atomic mass is 9.58. The molecule has 5 rings (SSSR count). The normalized spacial score (nSPS) is 27.3. The third kappa shape index (κ3) is 6.94. The Balaban J connectivity index is 1.31. The van der Waals surface area contributed by atoms with Crippen molar-refractivity contribution in [1.82, 2.24) is 9.62 Å². The topological polar surface area (TPSA) is 119 Å². The zero-order valence-electron chi connectivity index (χ0n) is 22.9. The average molecular weight is 587 g/mol. The van der Waals surface area contributed by atoms with Crippen LogP contribution >= 0.6 is 0 Å². The number of hydrogen-bond acceptors (Lipinski definition) is 7. The summed E-state index contributed by atoms with van der Waals surface area (Å²) in [6.07, 6.45) is 4.60. The van der Waals surface area contributed by atoms with Gasteiger partial charge in [-0.3, -0.25) is 0 Å². The Hall–Kier alpha value is -2.18. The lowest BCUT2D eigenvalue weighted by molar-refractivity contribution is -0.00242. The first kappa shape index (κ1) is 29.8. The van der Waals surface area contributed by atoms with Crippen LogP contribution < -0.4 is 10.1 Å². The van der Waals surface area contributed by atoms with Crippen LogP contribution in [0.25, 0.3) is 0 Å². The lowest BCUT2D eigenvalue weighted by Gasteiger charge is -2.56. The zero-order chi connectivity index (χ0) is 28.5. The fourth-order valence-corrected chi connectivity index (χ4v) is 9.97. The summed E-state index contributed by atoms with van der Waals surface area (Å²) in [7, 11) is -6.78. The van der Waals surface area contributed by atoms with Gasteiger partial charge in [0.25, 0.3) is 0 Å². The summed E-state index contributed by atoms with van der Waals surface area (Å²) < 4.78 is 77.5. The van der Waals surface area contributed by atoms with Gasteiger partial charge in [0.05, 0.1) is 22.7 Å². The third-order valence-corrected chi connectivity index (χ3v) is 12.1. The maximum absolute atomic E-state index is 13.3. The van der Waals surface area contributed by atoms with Gasteiger partial charge in [-0.1, -0.05) is 0 Å². The number of benzene rings is 1. The monoisotopic (exact) mass is 586 g/mol. The van der Waals surface area contributed by atoms with Crippen molar-refractivity contribution in [2.45, 2.75) is 81.8 Å². The van der Waals surface area contributed by atoms with Gasteiger partial charge in [-0.2, -0.15) is 4.31 Å². The summed E-state index contributed by atoms with van der Waals surface area (Å²) in [6.45, 7) is 5.53. The van der Waals surface area contributed by atoms with E-state index in [0.29, 0.717) is 63.6 Å². The number of sulfone groups is 1. The minimum absolute atomic E-state index is 0.0358. The molecule has 4 aliphatic rings. The van der Waals surface area contributed by atoms with E-state index in [4.69, 9.17) is 9.47 Å². The van der Waals surface area contributed by atoms with E-state index in [0.717, 1.165) is 0 Å². The van der Waals surface area contributed by atoms with Crippen LogP contribution in [0.5, 0.6) is 5.75 Å². The van der Waals surface area contributed by atoms with E-state index in [-0.39, 0.29) is 46.1 Å². The van der Waals surface area contributed by atoms with E-state index in [1.54, 1.807) is 25.1 Å². The fraction of sp³-hybridized carbons (Fsp3) is 0.667. The minimum atomic E-state index is -3.57. The Bertz CT molecular complexity index is 1280. The predicted octanol–water partition coefficient (Wildman–Crippen LogP) is 4.35. The van der Waals surface area contributed by atoms with Gasteiger partial charge in [0.1, 0.15) is 18.0 Å². The molecule has 1 amide bonds. The van der Waals surface area contributed by atoms with Crippen molar-refractivity contribution in [3.8, 4) is 5.75 Å². The Kier molecular flexibility index (Phi) is 8.41. The minimum Gasteiger partial charge on any atom is -0.489 e. The molecule has 1 aliphatic heterocycles. The van der Waals surface area contributed by atoms with Crippen molar-refractivity contribution in [2.24, 2.45) is 5.41 Å². The van der Waals surface area contributed by atoms with E-state index >= 15 is 0 Å². The van der Waals surface area contributed by atoms with Crippen molar-refractivity contribution in [3.63, 3.8) is 0 Å². The highest BCUT2D eigenvalue weighted by atomic mass is 32.2. The molecule has 0 aromatic heterocycles. The van der Waals surface area contributed by atoms with Gasteiger partial charge in [0, 0.05) is 24.2 Å². The largest absolute Gasteiger partial charge is 0.489 e. The molecule has 2 bridgehead atoms. The molecule has 0 unspecified atom stereocenters. The van der Waals surface area contributed by atoms with E-state index in [1.165, 1.54) is 24.3 Å². The quantitative estimate of drug-likeness (QED) is 0.457. The Morgan fingerprint density at radius 3 is 2.23 bits per heavy atom. The van der Waals surface area contributed by atoms with Crippen LogP contribution in [0.15, 0.2) is 41.1 Å². The maximum atomic E-state index is 13.3. The van der Waals surface area contributed by atoms with Crippen molar-refractivity contribution in [3.05, 3.63) is 36.2 Å². The van der Waals surface area contributed by atoms with Crippen LogP contribution in [0.2, 0.25) is 0 Å². The molecule has 4 fully saturated rings. The highest BCUT2D eigenvalue weighted by molar-refractivity contribution is 7.91. The molecule has 0 radical (unpaired) electrons. The van der Waals surface area contributed by atoms with Crippen molar-refractivity contribution < 1.29 is 35.5 Å². The van der Waals surface area contributed by atoms with Gasteiger partial charge >= 0.3 is 6.09 Å². The van der Waals surface area contributed by atoms with Crippen molar-refractivity contribution >= 4 is 26.0 Å². The van der Waals surface area contributed by atoms with E-state index < -0.39 is 31.6 Å². The molecule has 39 heavy (non-hydrogen) atoms. The number of ether oxygens (including phenoxy) is 2. The second kappa shape index (κ2) is 11.0. The van der Waals surface area contributed by atoms with E-state index in [9.17, 15) is 26.0 Å². The Labute approximate surface area is 231 Å². The Morgan fingerprint density at radius 2 is 1.72 bits per heavy atom. The molecule has 218 valence electrons. The standard InChI is InChI=1S/C27H39FN2O7S2/c1-25(2,3)37-24(31)29-18-21(17-28)19-36-22-5-7-23(8-6-22)38(32,33)20-26-9-12-27(13-10-26,14-11-26)30-15-4-16-39(30,34)35/h5-8,17H,4,9-16,18-20H2,1-3H3,(H,29,31)/b21-17+. The van der Waals surface area contributed by atoms with Crippen LogP contribution in [0.1, 0.15) is 65.7 Å². The highest BCUT2D eigenvalue weighted by Gasteiger charge is 2.55. The number of halogens is 1. The maximum Gasteiger partial charge on any atom is 0.407 e. The van der Waals surface area contributed by atoms with Crippen LogP contribution in [-0.2, 0) is 24.6 Å². The summed E-state index contributed by atoms with van der Waals surface area (Å²) in [4.78, 5) is 12.0. The van der Waals surface area contributed by atoms with E-state index in [2.05, 4.69) is 5.32 Å². The first-order chi connectivity index (χ1) is 18.2. The summed E-state index contributed by atoms with van der Waals surface area (Å²) >= 11 is 0. The molecule has 9 nitrogen and oxygen atoms in total. The number of amides is 1. The molecule has 1 N–H and O–H groups in total. The number of carbonyl (C=O) groups is 1. The number of fused-ring (bicyclic) bond motifs is 3. The molecular weight excluding hydrogens is 547 g/mol. The van der Waals surface area contributed by atoms with Gasteiger partial charge in [-0.05, 0) is 95.4 Å². The van der Waals surface area contributed by atoms with Gasteiger partial charge in [-0.25, -0.2) is 26.0 Å². The summed E-state index contributed by atoms with van der Waals surface area (Å²) in [6, 6.07) is 6.05. The molecule has 12 heteroatoms. The van der Waals surface area contributed by atoms with Gasteiger partial charge in [-0.15, -0.1) is 0 Å². The zero-order valence-corrected chi connectivity index (χ0v) is 24.5. The molecular formula is C27H39FN2O7S2. The number of carbonyl (C=O) groups excluding carboxylic acids is 1. The molecule has 1 aromatic rings. The van der Waals surface area contributed by atoms with E-state index in [1.807, 2.05) is 0 Å². The second-order valence-corrected chi connectivity index (χ2v) is 16.1. The number of rotatable bonds is 9. The molecule has 0 spiro atoms. The number of nitrogens with zero attached hydrogens (tertiary/aromatic N) is 1. The smallest absolute Gasteiger partial charge is 0.407 e.